The number of fused-ring (bicyclic) bond motifs is 1. The Morgan fingerprint density at radius 1 is 1.24 bits per heavy atom. The van der Waals surface area contributed by atoms with Crippen LogP contribution in [-0.2, 0) is 6.42 Å². The van der Waals surface area contributed by atoms with Crippen molar-refractivity contribution in [3.63, 3.8) is 0 Å². The molecule has 0 aliphatic carbocycles. The molecular weight excluding hydrogens is 282 g/mol. The third kappa shape index (κ3) is 3.07. The van der Waals surface area contributed by atoms with Crippen molar-refractivity contribution >= 4 is 11.6 Å². The normalized spacial score (nSPS) is 14.6. The molecule has 0 saturated heterocycles. The smallest absolute Gasteiger partial charge is 0.127 e. The number of ether oxygens (including phenoxy) is 1. The van der Waals surface area contributed by atoms with Gasteiger partial charge in [-0.05, 0) is 36.2 Å². The summed E-state index contributed by atoms with van der Waals surface area (Å²) in [6, 6.07) is 14.6. The minimum Gasteiger partial charge on any atom is -0.493 e. The van der Waals surface area contributed by atoms with Crippen LogP contribution in [0.2, 0.25) is 5.02 Å². The number of hydrogen-bond donors (Lipinski definition) is 1. The molecule has 0 saturated carbocycles. The van der Waals surface area contributed by atoms with Crippen LogP contribution in [0.1, 0.15) is 36.1 Å². The predicted molar refractivity (Wildman–Crippen MR) is 87.2 cm³/mol. The maximum absolute atomic E-state index is 6.17. The number of para-hydroxylation sites is 1. The number of benzene rings is 2. The minimum atomic E-state index is 0.122. The van der Waals surface area contributed by atoms with Crippen molar-refractivity contribution < 1.29 is 4.74 Å². The second-order valence-corrected chi connectivity index (χ2v) is 5.81. The Morgan fingerprint density at radius 2 is 2.10 bits per heavy atom. The lowest BCUT2D eigenvalue weighted by molar-refractivity contribution is 0.350. The summed E-state index contributed by atoms with van der Waals surface area (Å²) >= 11 is 6.17. The highest BCUT2D eigenvalue weighted by molar-refractivity contribution is 6.30. The molecule has 0 amide bonds. The van der Waals surface area contributed by atoms with E-state index in [1.54, 1.807) is 0 Å². The number of halogens is 1. The third-order valence-electron chi connectivity index (χ3n) is 3.84. The molecule has 110 valence electrons. The monoisotopic (exact) mass is 301 g/mol. The zero-order valence-electron chi connectivity index (χ0n) is 12.2. The fourth-order valence-electron chi connectivity index (χ4n) is 2.85. The van der Waals surface area contributed by atoms with Crippen LogP contribution in [0.5, 0.6) is 5.75 Å². The van der Waals surface area contributed by atoms with Crippen LogP contribution in [0.4, 0.5) is 0 Å². The molecule has 21 heavy (non-hydrogen) atoms. The van der Waals surface area contributed by atoms with E-state index in [9.17, 15) is 0 Å². The third-order valence-corrected chi connectivity index (χ3v) is 4.07. The summed E-state index contributed by atoms with van der Waals surface area (Å²) in [5.74, 6) is 1.05. The Bertz CT molecular complexity index is 626. The molecule has 3 rings (SSSR count). The first-order valence-corrected chi connectivity index (χ1v) is 7.91. The minimum absolute atomic E-state index is 0.122. The van der Waals surface area contributed by atoms with Gasteiger partial charge in [-0.15, -0.1) is 0 Å². The Labute approximate surface area is 131 Å². The average Bonchev–Trinajstić information content (AvgIpc) is 2.97. The molecule has 1 unspecified atom stereocenters. The lowest BCUT2D eigenvalue weighted by atomic mass is 9.95. The van der Waals surface area contributed by atoms with Gasteiger partial charge in [-0.25, -0.2) is 0 Å². The molecule has 1 N–H and O–H groups in total. The van der Waals surface area contributed by atoms with E-state index in [1.165, 1.54) is 16.7 Å². The highest BCUT2D eigenvalue weighted by Gasteiger charge is 2.23. The molecule has 1 heterocycles. The van der Waals surface area contributed by atoms with Gasteiger partial charge in [-0.1, -0.05) is 48.9 Å². The van der Waals surface area contributed by atoms with E-state index in [-0.39, 0.29) is 6.04 Å². The summed E-state index contributed by atoms with van der Waals surface area (Å²) in [5.41, 5.74) is 3.69. The molecule has 0 aromatic heterocycles. The van der Waals surface area contributed by atoms with Crippen molar-refractivity contribution in [1.82, 2.24) is 5.32 Å². The lowest BCUT2D eigenvalue weighted by Gasteiger charge is -2.22. The van der Waals surface area contributed by atoms with Crippen molar-refractivity contribution in [2.45, 2.75) is 25.8 Å². The molecule has 2 nitrogen and oxygen atoms in total. The van der Waals surface area contributed by atoms with Gasteiger partial charge in [0.05, 0.1) is 12.6 Å². The van der Waals surface area contributed by atoms with E-state index in [4.69, 9.17) is 16.3 Å². The summed E-state index contributed by atoms with van der Waals surface area (Å²) in [5, 5.41) is 4.39. The zero-order valence-corrected chi connectivity index (χ0v) is 13.0. The SMILES string of the molecule is CCCNC(c1cccc(Cl)c1)c1cccc2c1OCC2. The van der Waals surface area contributed by atoms with Gasteiger partial charge in [0, 0.05) is 17.0 Å². The predicted octanol–water partition coefficient (Wildman–Crippen LogP) is 4.36. The van der Waals surface area contributed by atoms with E-state index >= 15 is 0 Å². The number of nitrogens with one attached hydrogen (secondary N) is 1. The van der Waals surface area contributed by atoms with Crippen molar-refractivity contribution in [1.29, 1.82) is 0 Å². The first-order chi connectivity index (χ1) is 10.3. The summed E-state index contributed by atoms with van der Waals surface area (Å²) in [6.07, 6.45) is 2.09. The van der Waals surface area contributed by atoms with Crippen molar-refractivity contribution in [2.75, 3.05) is 13.2 Å². The van der Waals surface area contributed by atoms with Crippen LogP contribution in [0.15, 0.2) is 42.5 Å². The zero-order chi connectivity index (χ0) is 14.7. The molecule has 2 aromatic rings. The number of rotatable bonds is 5. The van der Waals surface area contributed by atoms with Gasteiger partial charge in [0.2, 0.25) is 0 Å². The van der Waals surface area contributed by atoms with Gasteiger partial charge in [0.1, 0.15) is 5.75 Å². The van der Waals surface area contributed by atoms with E-state index in [1.807, 2.05) is 18.2 Å². The maximum Gasteiger partial charge on any atom is 0.127 e. The maximum atomic E-state index is 6.17. The molecule has 1 aliphatic rings. The van der Waals surface area contributed by atoms with Crippen LogP contribution in [0.3, 0.4) is 0 Å². The Kier molecular flexibility index (Phi) is 4.47. The van der Waals surface area contributed by atoms with E-state index < -0.39 is 0 Å². The summed E-state index contributed by atoms with van der Waals surface area (Å²) in [4.78, 5) is 0. The molecule has 2 aromatic carbocycles. The Hall–Kier alpha value is -1.51. The topological polar surface area (TPSA) is 21.3 Å². The first-order valence-electron chi connectivity index (χ1n) is 7.53. The van der Waals surface area contributed by atoms with E-state index in [0.717, 1.165) is 36.8 Å². The van der Waals surface area contributed by atoms with Crippen LogP contribution in [-0.4, -0.2) is 13.2 Å². The van der Waals surface area contributed by atoms with Crippen LogP contribution >= 0.6 is 11.6 Å². The van der Waals surface area contributed by atoms with Crippen molar-refractivity contribution in [3.05, 3.63) is 64.2 Å². The van der Waals surface area contributed by atoms with Gasteiger partial charge in [-0.3, -0.25) is 0 Å². The molecule has 0 bridgehead atoms. The molecule has 1 atom stereocenters. The Balaban J connectivity index is 2.02. The highest BCUT2D eigenvalue weighted by atomic mass is 35.5. The quantitative estimate of drug-likeness (QED) is 0.886. The summed E-state index contributed by atoms with van der Waals surface area (Å²) < 4.78 is 5.87. The Morgan fingerprint density at radius 3 is 2.90 bits per heavy atom. The van der Waals surface area contributed by atoms with Gasteiger partial charge in [0.15, 0.2) is 0 Å². The van der Waals surface area contributed by atoms with Crippen LogP contribution < -0.4 is 10.1 Å². The second kappa shape index (κ2) is 6.50. The fraction of sp³-hybridized carbons (Fsp3) is 0.333. The van der Waals surface area contributed by atoms with Crippen molar-refractivity contribution in [3.8, 4) is 5.75 Å². The standard InChI is InChI=1S/C18H20ClNO/c1-2-10-20-17(14-6-3-7-15(19)12-14)16-8-4-5-13-9-11-21-18(13)16/h3-8,12,17,20H,2,9-11H2,1H3. The van der Waals surface area contributed by atoms with Gasteiger partial charge < -0.3 is 10.1 Å². The van der Waals surface area contributed by atoms with Crippen LogP contribution in [0, 0.1) is 0 Å². The molecule has 3 heteroatoms. The molecule has 0 fully saturated rings. The second-order valence-electron chi connectivity index (χ2n) is 5.38. The molecule has 0 radical (unpaired) electrons. The first kappa shape index (κ1) is 14.4. The summed E-state index contributed by atoms with van der Waals surface area (Å²) in [6.45, 7) is 3.91. The van der Waals surface area contributed by atoms with Gasteiger partial charge in [-0.2, -0.15) is 0 Å². The van der Waals surface area contributed by atoms with E-state index in [2.05, 4.69) is 36.5 Å². The lowest BCUT2D eigenvalue weighted by Crippen LogP contribution is -2.23. The summed E-state index contributed by atoms with van der Waals surface area (Å²) in [7, 11) is 0. The van der Waals surface area contributed by atoms with Gasteiger partial charge >= 0.3 is 0 Å². The molecular formula is C18H20ClNO. The van der Waals surface area contributed by atoms with E-state index in [0.29, 0.717) is 0 Å². The fourth-order valence-corrected chi connectivity index (χ4v) is 3.05. The average molecular weight is 302 g/mol. The number of hydrogen-bond acceptors (Lipinski definition) is 2. The highest BCUT2D eigenvalue weighted by Crippen LogP contribution is 2.36. The van der Waals surface area contributed by atoms with Gasteiger partial charge in [0.25, 0.3) is 0 Å². The largest absolute Gasteiger partial charge is 0.493 e. The molecule has 0 spiro atoms. The van der Waals surface area contributed by atoms with Crippen LogP contribution in [0.25, 0.3) is 0 Å². The molecule has 1 aliphatic heterocycles. The van der Waals surface area contributed by atoms with Crippen molar-refractivity contribution in [2.24, 2.45) is 0 Å².